The second-order valence-electron chi connectivity index (χ2n) is 5.79. The Bertz CT molecular complexity index is 985. The van der Waals surface area contributed by atoms with Crippen molar-refractivity contribution in [1.82, 2.24) is 19.5 Å². The molecule has 4 rings (SSSR count). The lowest BCUT2D eigenvalue weighted by atomic mass is 10.1. The van der Waals surface area contributed by atoms with Gasteiger partial charge in [-0.2, -0.15) is 0 Å². The lowest BCUT2D eigenvalue weighted by Gasteiger charge is -2.11. The zero-order chi connectivity index (χ0) is 17.9. The maximum Gasteiger partial charge on any atom is 0.195 e. The molecule has 0 aromatic heterocycles. The minimum absolute atomic E-state index is 0.395. The second-order valence-corrected chi connectivity index (χ2v) is 7.27. The van der Waals surface area contributed by atoms with Gasteiger partial charge in [-0.05, 0) is 48.0 Å². The summed E-state index contributed by atoms with van der Waals surface area (Å²) in [5, 5.41) is 1.35. The number of halogens is 1. The summed E-state index contributed by atoms with van der Waals surface area (Å²) in [4.78, 5) is 14.5. The minimum atomic E-state index is 0.395. The normalized spacial score (nSPS) is 11.1. The first-order chi connectivity index (χ1) is 12.7. The number of rotatable bonds is 5. The summed E-state index contributed by atoms with van der Waals surface area (Å²) in [6.45, 7) is 0.761. The molecule has 0 aliphatic carbocycles. The number of benzene rings is 2. The van der Waals surface area contributed by atoms with E-state index in [0.717, 1.165) is 23.7 Å². The van der Waals surface area contributed by atoms with Crippen molar-refractivity contribution in [3.05, 3.63) is 71.5 Å². The van der Waals surface area contributed by atoms with Crippen molar-refractivity contribution in [2.45, 2.75) is 23.0 Å². The molecule has 0 spiro atoms. The van der Waals surface area contributed by atoms with E-state index < -0.39 is 0 Å². The van der Waals surface area contributed by atoms with Crippen LogP contribution in [-0.4, -0.2) is 19.5 Å². The number of hydrogen-bond donors (Lipinski definition) is 1. The van der Waals surface area contributed by atoms with Crippen LogP contribution in [-0.2, 0) is 13.0 Å². The standard InChI is InChI=1S/C19H16ClN5S/c20-14-6-8-15(9-7-14)26-19-23-16-17(21)22-12-25(18(16)24-19)11-10-13-4-2-1-3-5-13/h1-9,12H,10-11,21H2. The van der Waals surface area contributed by atoms with Gasteiger partial charge in [0.05, 0.1) is 6.33 Å². The molecule has 2 heterocycles. The molecule has 5 nitrogen and oxygen atoms in total. The van der Waals surface area contributed by atoms with Crippen LogP contribution in [0.2, 0.25) is 5.02 Å². The van der Waals surface area contributed by atoms with Gasteiger partial charge < -0.3 is 10.3 Å². The molecule has 130 valence electrons. The van der Waals surface area contributed by atoms with Gasteiger partial charge in [0.2, 0.25) is 0 Å². The summed E-state index contributed by atoms with van der Waals surface area (Å²) < 4.78 is 2.00. The number of fused-ring (bicyclic) bond motifs is 1. The van der Waals surface area contributed by atoms with Gasteiger partial charge in [-0.25, -0.2) is 15.0 Å². The van der Waals surface area contributed by atoms with Crippen molar-refractivity contribution in [3.8, 4) is 11.5 Å². The first-order valence-corrected chi connectivity index (χ1v) is 9.34. The highest BCUT2D eigenvalue weighted by Gasteiger charge is 2.19. The highest BCUT2D eigenvalue weighted by atomic mass is 35.5. The van der Waals surface area contributed by atoms with Crippen LogP contribution in [0.3, 0.4) is 0 Å². The molecule has 2 N–H and O–H groups in total. The summed E-state index contributed by atoms with van der Waals surface area (Å²) >= 11 is 7.41. The van der Waals surface area contributed by atoms with Gasteiger partial charge in [0, 0.05) is 16.5 Å². The SMILES string of the molecule is Nc1ncn(CCc2ccccc2)c2nc(Sc3ccc(Cl)cc3)nc1-2. The number of nitrogen functional groups attached to an aromatic ring is 1. The molecule has 0 saturated heterocycles. The van der Waals surface area contributed by atoms with Gasteiger partial charge in [-0.1, -0.05) is 41.9 Å². The fourth-order valence-electron chi connectivity index (χ4n) is 2.65. The van der Waals surface area contributed by atoms with Gasteiger partial charge >= 0.3 is 0 Å². The summed E-state index contributed by atoms with van der Waals surface area (Å²) in [7, 11) is 0. The van der Waals surface area contributed by atoms with E-state index in [4.69, 9.17) is 17.3 Å². The number of imidazole rings is 1. The fraction of sp³-hybridized carbons (Fsp3) is 0.105. The molecule has 2 aliphatic heterocycles. The number of anilines is 1. The van der Waals surface area contributed by atoms with Crippen molar-refractivity contribution in [3.63, 3.8) is 0 Å². The summed E-state index contributed by atoms with van der Waals surface area (Å²) in [5.74, 6) is 1.15. The molecule has 0 radical (unpaired) electrons. The number of nitrogens with zero attached hydrogens (tertiary/aromatic N) is 4. The number of nitrogens with two attached hydrogens (primary N) is 1. The van der Waals surface area contributed by atoms with E-state index in [1.165, 1.54) is 17.3 Å². The van der Waals surface area contributed by atoms with E-state index in [-0.39, 0.29) is 0 Å². The maximum absolute atomic E-state index is 6.01. The molecule has 0 fully saturated rings. The van der Waals surface area contributed by atoms with Crippen LogP contribution in [0.15, 0.2) is 71.0 Å². The molecule has 0 amide bonds. The molecule has 0 bridgehead atoms. The van der Waals surface area contributed by atoms with Crippen LogP contribution in [0.1, 0.15) is 5.56 Å². The first-order valence-electron chi connectivity index (χ1n) is 8.15. The predicted octanol–water partition coefficient (Wildman–Crippen LogP) is 4.41. The van der Waals surface area contributed by atoms with Crippen molar-refractivity contribution in [1.29, 1.82) is 0 Å². The number of aromatic nitrogens is 4. The molecule has 2 aromatic rings. The number of aryl methyl sites for hydroxylation is 2. The van der Waals surface area contributed by atoms with Crippen molar-refractivity contribution in [2.24, 2.45) is 0 Å². The van der Waals surface area contributed by atoms with E-state index in [2.05, 4.69) is 27.1 Å². The third-order valence-electron chi connectivity index (χ3n) is 3.98. The fourth-order valence-corrected chi connectivity index (χ4v) is 3.52. The van der Waals surface area contributed by atoms with E-state index in [1.54, 1.807) is 6.33 Å². The molecule has 0 atom stereocenters. The first kappa shape index (κ1) is 16.9. The highest BCUT2D eigenvalue weighted by Crippen LogP contribution is 2.32. The lowest BCUT2D eigenvalue weighted by Crippen LogP contribution is -2.09. The van der Waals surface area contributed by atoms with Crippen LogP contribution < -0.4 is 5.73 Å². The molecule has 0 unspecified atom stereocenters. The van der Waals surface area contributed by atoms with E-state index in [1.807, 2.05) is 47.0 Å². The number of hydrogen-bond acceptors (Lipinski definition) is 5. The second kappa shape index (κ2) is 7.35. The largest absolute Gasteiger partial charge is 0.382 e. The third kappa shape index (κ3) is 3.66. The summed E-state index contributed by atoms with van der Waals surface area (Å²) in [6, 6.07) is 17.9. The minimum Gasteiger partial charge on any atom is -0.382 e. The molecule has 0 saturated carbocycles. The lowest BCUT2D eigenvalue weighted by molar-refractivity contribution is 0.674. The van der Waals surface area contributed by atoms with E-state index >= 15 is 0 Å². The zero-order valence-electron chi connectivity index (χ0n) is 13.8. The van der Waals surface area contributed by atoms with Crippen molar-refractivity contribution in [2.75, 3.05) is 5.73 Å². The zero-order valence-corrected chi connectivity index (χ0v) is 15.4. The predicted molar refractivity (Wildman–Crippen MR) is 105 cm³/mol. The van der Waals surface area contributed by atoms with Gasteiger partial charge in [0.25, 0.3) is 0 Å². The van der Waals surface area contributed by atoms with Gasteiger partial charge in [-0.3, -0.25) is 0 Å². The van der Waals surface area contributed by atoms with E-state index in [0.29, 0.717) is 21.7 Å². The Morgan fingerprint density at radius 2 is 1.77 bits per heavy atom. The quantitative estimate of drug-likeness (QED) is 0.554. The molecule has 2 aromatic carbocycles. The summed E-state index contributed by atoms with van der Waals surface area (Å²) in [6.07, 6.45) is 2.62. The smallest absolute Gasteiger partial charge is 0.195 e. The Labute approximate surface area is 160 Å². The monoisotopic (exact) mass is 381 g/mol. The van der Waals surface area contributed by atoms with Gasteiger partial charge in [-0.15, -0.1) is 0 Å². The van der Waals surface area contributed by atoms with Crippen molar-refractivity contribution < 1.29 is 0 Å². The molecule has 7 heteroatoms. The van der Waals surface area contributed by atoms with E-state index in [9.17, 15) is 0 Å². The molecular weight excluding hydrogens is 366 g/mol. The van der Waals surface area contributed by atoms with Crippen molar-refractivity contribution >= 4 is 29.2 Å². The van der Waals surface area contributed by atoms with Gasteiger partial charge in [0.15, 0.2) is 22.5 Å². The highest BCUT2D eigenvalue weighted by molar-refractivity contribution is 7.99. The van der Waals surface area contributed by atoms with Crippen LogP contribution in [0.4, 0.5) is 5.82 Å². The third-order valence-corrected chi connectivity index (χ3v) is 5.10. The Balaban J connectivity index is 1.60. The average Bonchev–Trinajstić information content (AvgIpc) is 3.09. The Morgan fingerprint density at radius 3 is 2.54 bits per heavy atom. The molecule has 2 aliphatic rings. The Hall–Kier alpha value is -2.57. The van der Waals surface area contributed by atoms with Crippen LogP contribution >= 0.6 is 23.4 Å². The van der Waals surface area contributed by atoms with Crippen LogP contribution in [0.5, 0.6) is 0 Å². The molecular formula is C19H16ClN5S. The Kier molecular flexibility index (Phi) is 4.77. The topological polar surface area (TPSA) is 69.6 Å². The van der Waals surface area contributed by atoms with Crippen LogP contribution in [0, 0.1) is 0 Å². The summed E-state index contributed by atoms with van der Waals surface area (Å²) in [5.41, 5.74) is 7.91. The average molecular weight is 382 g/mol. The van der Waals surface area contributed by atoms with Crippen LogP contribution in [0.25, 0.3) is 11.5 Å². The molecule has 26 heavy (non-hydrogen) atoms. The maximum atomic E-state index is 6.01. The van der Waals surface area contributed by atoms with Gasteiger partial charge in [0.1, 0.15) is 0 Å². The Morgan fingerprint density at radius 1 is 1.00 bits per heavy atom.